The largest absolute Gasteiger partial charge is 0.481 e. The van der Waals surface area contributed by atoms with Crippen molar-refractivity contribution in [3.8, 4) is 5.75 Å². The molecule has 2 rings (SSSR count). The molecular formula is C15H13FN2O4. The molecule has 2 aromatic rings. The first kappa shape index (κ1) is 15.4. The second kappa shape index (κ2) is 6.66. The van der Waals surface area contributed by atoms with E-state index in [1.54, 1.807) is 12.1 Å². The van der Waals surface area contributed by atoms with Crippen LogP contribution >= 0.6 is 0 Å². The molecule has 0 aliphatic heterocycles. The fraction of sp³-hybridized carbons (Fsp3) is 0.133. The lowest BCUT2D eigenvalue weighted by molar-refractivity contribution is -0.385. The second-order valence-electron chi connectivity index (χ2n) is 4.47. The molecule has 0 aliphatic rings. The number of amides is 1. The lowest BCUT2D eigenvalue weighted by atomic mass is 10.1. The molecule has 7 heteroatoms. The molecule has 1 N–H and O–H groups in total. The van der Waals surface area contributed by atoms with Gasteiger partial charge in [-0.05, 0) is 25.1 Å². The van der Waals surface area contributed by atoms with E-state index in [1.165, 1.54) is 37.3 Å². The molecule has 0 unspecified atom stereocenters. The predicted molar refractivity (Wildman–Crippen MR) is 78.4 cm³/mol. The van der Waals surface area contributed by atoms with Crippen molar-refractivity contribution >= 4 is 17.3 Å². The second-order valence-corrected chi connectivity index (χ2v) is 4.47. The van der Waals surface area contributed by atoms with E-state index in [0.29, 0.717) is 11.3 Å². The molecule has 2 aromatic carbocycles. The minimum atomic E-state index is -0.568. The van der Waals surface area contributed by atoms with Gasteiger partial charge in [0.25, 0.3) is 11.6 Å². The van der Waals surface area contributed by atoms with E-state index in [-0.39, 0.29) is 11.4 Å². The van der Waals surface area contributed by atoms with Gasteiger partial charge in [0.05, 0.1) is 16.2 Å². The monoisotopic (exact) mass is 304 g/mol. The van der Waals surface area contributed by atoms with Crippen LogP contribution in [0.4, 0.5) is 15.8 Å². The molecule has 22 heavy (non-hydrogen) atoms. The highest BCUT2D eigenvalue weighted by Gasteiger charge is 2.15. The fourth-order valence-corrected chi connectivity index (χ4v) is 1.85. The van der Waals surface area contributed by atoms with Gasteiger partial charge in [0.1, 0.15) is 0 Å². The number of hydrogen-bond donors (Lipinski definition) is 1. The van der Waals surface area contributed by atoms with Crippen LogP contribution in [0.5, 0.6) is 5.75 Å². The average Bonchev–Trinajstić information content (AvgIpc) is 2.48. The van der Waals surface area contributed by atoms with Crippen molar-refractivity contribution in [2.45, 2.75) is 6.92 Å². The van der Waals surface area contributed by atoms with Crippen LogP contribution in [0.3, 0.4) is 0 Å². The number of halogens is 1. The molecule has 0 fully saturated rings. The van der Waals surface area contributed by atoms with Gasteiger partial charge in [-0.3, -0.25) is 14.9 Å². The maximum absolute atomic E-state index is 13.3. The van der Waals surface area contributed by atoms with E-state index >= 15 is 0 Å². The Hall–Kier alpha value is -2.96. The Kier molecular flexibility index (Phi) is 4.67. The SMILES string of the molecule is Cc1c(NC(=O)COc2ccccc2F)cccc1[N+](=O)[O-]. The number of carbonyl (C=O) groups excluding carboxylic acids is 1. The summed E-state index contributed by atoms with van der Waals surface area (Å²) in [6.07, 6.45) is 0. The van der Waals surface area contributed by atoms with Gasteiger partial charge in [-0.25, -0.2) is 4.39 Å². The fourth-order valence-electron chi connectivity index (χ4n) is 1.85. The number of nitrogens with one attached hydrogen (secondary N) is 1. The summed E-state index contributed by atoms with van der Waals surface area (Å²) in [5.41, 5.74) is 0.566. The molecule has 0 saturated carbocycles. The molecule has 0 heterocycles. The highest BCUT2D eigenvalue weighted by Crippen LogP contribution is 2.25. The smallest absolute Gasteiger partial charge is 0.274 e. The van der Waals surface area contributed by atoms with Crippen LogP contribution in [-0.4, -0.2) is 17.4 Å². The number of ether oxygens (including phenoxy) is 1. The molecule has 0 saturated heterocycles. The molecule has 1 amide bonds. The number of nitrogens with zero attached hydrogens (tertiary/aromatic N) is 1. The van der Waals surface area contributed by atoms with E-state index < -0.39 is 23.3 Å². The van der Waals surface area contributed by atoms with Gasteiger partial charge >= 0.3 is 0 Å². The summed E-state index contributed by atoms with van der Waals surface area (Å²) in [6.45, 7) is 1.13. The standard InChI is InChI=1S/C15H13FN2O4/c1-10-12(6-4-7-13(10)18(20)21)17-15(19)9-22-14-8-3-2-5-11(14)16/h2-8H,9H2,1H3,(H,17,19). The first-order valence-electron chi connectivity index (χ1n) is 6.40. The Morgan fingerprint density at radius 1 is 1.27 bits per heavy atom. The topological polar surface area (TPSA) is 81.5 Å². The molecule has 0 spiro atoms. The highest BCUT2D eigenvalue weighted by atomic mass is 19.1. The summed E-state index contributed by atoms with van der Waals surface area (Å²) in [5.74, 6) is -1.14. The van der Waals surface area contributed by atoms with Crippen LogP contribution in [0.1, 0.15) is 5.56 Å². The number of hydrogen-bond acceptors (Lipinski definition) is 4. The van der Waals surface area contributed by atoms with Crippen LogP contribution in [0.15, 0.2) is 42.5 Å². The van der Waals surface area contributed by atoms with Gasteiger partial charge in [-0.15, -0.1) is 0 Å². The van der Waals surface area contributed by atoms with Gasteiger partial charge in [-0.1, -0.05) is 18.2 Å². The third kappa shape index (κ3) is 3.57. The summed E-state index contributed by atoms with van der Waals surface area (Å²) < 4.78 is 18.4. The molecule has 0 radical (unpaired) electrons. The summed E-state index contributed by atoms with van der Waals surface area (Å²) in [4.78, 5) is 22.1. The Morgan fingerprint density at radius 3 is 2.68 bits per heavy atom. The zero-order chi connectivity index (χ0) is 16.1. The Balaban J connectivity index is 2.02. The summed E-state index contributed by atoms with van der Waals surface area (Å²) in [7, 11) is 0. The lowest BCUT2D eigenvalue weighted by Gasteiger charge is -2.10. The van der Waals surface area contributed by atoms with Gasteiger partial charge in [0, 0.05) is 6.07 Å². The molecular weight excluding hydrogens is 291 g/mol. The number of para-hydroxylation sites is 1. The maximum Gasteiger partial charge on any atom is 0.274 e. The van der Waals surface area contributed by atoms with Gasteiger partial charge in [0.2, 0.25) is 0 Å². The van der Waals surface area contributed by atoms with Gasteiger partial charge in [0.15, 0.2) is 18.2 Å². The Bertz CT molecular complexity index is 718. The van der Waals surface area contributed by atoms with E-state index in [0.717, 1.165) is 0 Å². The van der Waals surface area contributed by atoms with Crippen LogP contribution in [0.25, 0.3) is 0 Å². The Labute approximate surface area is 125 Å². The van der Waals surface area contributed by atoms with E-state index in [9.17, 15) is 19.3 Å². The van der Waals surface area contributed by atoms with E-state index in [2.05, 4.69) is 5.32 Å². The molecule has 6 nitrogen and oxygen atoms in total. The molecule has 0 aromatic heterocycles. The van der Waals surface area contributed by atoms with Crippen molar-refractivity contribution in [3.05, 3.63) is 64.0 Å². The zero-order valence-electron chi connectivity index (χ0n) is 11.7. The van der Waals surface area contributed by atoms with E-state index in [1.807, 2.05) is 0 Å². The van der Waals surface area contributed by atoms with Crippen molar-refractivity contribution in [1.82, 2.24) is 0 Å². The first-order valence-corrected chi connectivity index (χ1v) is 6.40. The van der Waals surface area contributed by atoms with Crippen molar-refractivity contribution in [3.63, 3.8) is 0 Å². The minimum absolute atomic E-state index is 0.0339. The third-order valence-electron chi connectivity index (χ3n) is 2.97. The maximum atomic E-state index is 13.3. The normalized spacial score (nSPS) is 10.1. The van der Waals surface area contributed by atoms with Crippen molar-refractivity contribution in [1.29, 1.82) is 0 Å². The zero-order valence-corrected chi connectivity index (χ0v) is 11.7. The quantitative estimate of drug-likeness (QED) is 0.680. The summed E-state index contributed by atoms with van der Waals surface area (Å²) in [5, 5.41) is 13.3. The van der Waals surface area contributed by atoms with Crippen LogP contribution in [0.2, 0.25) is 0 Å². The van der Waals surface area contributed by atoms with Crippen molar-refractivity contribution < 1.29 is 18.8 Å². The highest BCUT2D eigenvalue weighted by molar-refractivity contribution is 5.93. The van der Waals surface area contributed by atoms with Gasteiger partial charge < -0.3 is 10.1 Å². The van der Waals surface area contributed by atoms with Crippen LogP contribution in [-0.2, 0) is 4.79 Å². The number of benzene rings is 2. The van der Waals surface area contributed by atoms with Crippen molar-refractivity contribution in [2.75, 3.05) is 11.9 Å². The van der Waals surface area contributed by atoms with Crippen LogP contribution in [0, 0.1) is 22.9 Å². The number of carbonyl (C=O) groups is 1. The Morgan fingerprint density at radius 2 is 2.00 bits per heavy atom. The average molecular weight is 304 g/mol. The molecule has 114 valence electrons. The summed E-state index contributed by atoms with van der Waals surface area (Å²) in [6, 6.07) is 10.1. The van der Waals surface area contributed by atoms with Crippen molar-refractivity contribution in [2.24, 2.45) is 0 Å². The lowest BCUT2D eigenvalue weighted by Crippen LogP contribution is -2.21. The predicted octanol–water partition coefficient (Wildman–Crippen LogP) is 3.06. The molecule has 0 bridgehead atoms. The molecule has 0 aliphatic carbocycles. The first-order chi connectivity index (χ1) is 10.5. The van der Waals surface area contributed by atoms with Crippen LogP contribution < -0.4 is 10.1 Å². The molecule has 0 atom stereocenters. The number of rotatable bonds is 5. The minimum Gasteiger partial charge on any atom is -0.481 e. The number of nitro groups is 1. The summed E-state index contributed by atoms with van der Waals surface area (Å²) >= 11 is 0. The number of anilines is 1. The number of nitro benzene ring substituents is 1. The van der Waals surface area contributed by atoms with Gasteiger partial charge in [-0.2, -0.15) is 0 Å². The third-order valence-corrected chi connectivity index (χ3v) is 2.97. The van der Waals surface area contributed by atoms with E-state index in [4.69, 9.17) is 4.74 Å².